The number of rotatable bonds is 2. The molecule has 1 aromatic carbocycles. The molecule has 0 aromatic heterocycles. The van der Waals surface area contributed by atoms with E-state index in [1.54, 1.807) is 12.1 Å². The van der Waals surface area contributed by atoms with Gasteiger partial charge in [0.25, 0.3) is 5.69 Å². The third kappa shape index (κ3) is 2.01. The van der Waals surface area contributed by atoms with Crippen LogP contribution in [0.4, 0.5) is 11.4 Å². The molecule has 1 aliphatic heterocycles. The summed E-state index contributed by atoms with van der Waals surface area (Å²) in [6.45, 7) is 0.570. The Hall–Kier alpha value is -1.18. The van der Waals surface area contributed by atoms with Crippen molar-refractivity contribution in [2.24, 2.45) is 0 Å². The van der Waals surface area contributed by atoms with Crippen LogP contribution in [0.25, 0.3) is 0 Å². The molecule has 16 heavy (non-hydrogen) atoms. The van der Waals surface area contributed by atoms with Gasteiger partial charge in [-0.1, -0.05) is 0 Å². The second-order valence-corrected chi connectivity index (χ2v) is 4.78. The minimum atomic E-state index is -0.441. The number of nitro benzene ring substituents is 1. The molecule has 1 aromatic rings. The van der Waals surface area contributed by atoms with E-state index in [2.05, 4.69) is 0 Å². The van der Waals surface area contributed by atoms with E-state index < -0.39 is 4.92 Å². The molecule has 0 spiro atoms. The number of hydrogen-bond acceptors (Lipinski definition) is 3. The van der Waals surface area contributed by atoms with Gasteiger partial charge < -0.3 is 4.90 Å². The smallest absolute Gasteiger partial charge is 0.294 e. The second kappa shape index (κ2) is 4.36. The zero-order valence-electron chi connectivity index (χ0n) is 8.35. The van der Waals surface area contributed by atoms with Crippen LogP contribution in [0.1, 0.15) is 12.8 Å². The number of carbonyl (C=O) groups is 1. The van der Waals surface area contributed by atoms with Crippen LogP contribution < -0.4 is 4.90 Å². The topological polar surface area (TPSA) is 63.5 Å². The number of nitrogens with zero attached hydrogens (tertiary/aromatic N) is 2. The lowest BCUT2D eigenvalue weighted by molar-refractivity contribution is -0.384. The van der Waals surface area contributed by atoms with Crippen LogP contribution >= 0.6 is 22.6 Å². The summed E-state index contributed by atoms with van der Waals surface area (Å²) in [6.07, 6.45) is 1.24. The van der Waals surface area contributed by atoms with E-state index in [1.165, 1.54) is 11.0 Å². The van der Waals surface area contributed by atoms with Gasteiger partial charge in [-0.05, 0) is 41.1 Å². The highest BCUT2D eigenvalue weighted by molar-refractivity contribution is 14.1. The first-order valence-electron chi connectivity index (χ1n) is 4.84. The predicted octanol–water partition coefficient (Wildman–Crippen LogP) is 2.33. The van der Waals surface area contributed by atoms with Crippen molar-refractivity contribution >= 4 is 39.9 Å². The highest BCUT2D eigenvalue weighted by Gasteiger charge is 2.27. The third-order valence-corrected chi connectivity index (χ3v) is 3.17. The number of anilines is 1. The molecule has 6 heteroatoms. The van der Waals surface area contributed by atoms with E-state index in [-0.39, 0.29) is 11.6 Å². The van der Waals surface area contributed by atoms with Crippen molar-refractivity contribution in [3.63, 3.8) is 0 Å². The average Bonchev–Trinajstić information content (AvgIpc) is 2.64. The highest BCUT2D eigenvalue weighted by atomic mass is 127. The SMILES string of the molecule is O=C1CCCN1c1ccc(I)cc1[N+](=O)[O-]. The molecule has 0 radical (unpaired) electrons. The van der Waals surface area contributed by atoms with Crippen LogP contribution in [-0.4, -0.2) is 17.4 Å². The number of nitro groups is 1. The molecule has 84 valence electrons. The summed E-state index contributed by atoms with van der Waals surface area (Å²) >= 11 is 2.02. The van der Waals surface area contributed by atoms with Gasteiger partial charge in [0.15, 0.2) is 0 Å². The van der Waals surface area contributed by atoms with Gasteiger partial charge in [0, 0.05) is 22.6 Å². The van der Waals surface area contributed by atoms with E-state index in [9.17, 15) is 14.9 Å². The van der Waals surface area contributed by atoms with Crippen LogP contribution in [0.3, 0.4) is 0 Å². The number of hydrogen-bond donors (Lipinski definition) is 0. The number of carbonyl (C=O) groups excluding carboxylic acids is 1. The number of halogens is 1. The molecule has 1 aliphatic rings. The molecule has 5 nitrogen and oxygen atoms in total. The van der Waals surface area contributed by atoms with Crippen molar-refractivity contribution in [1.82, 2.24) is 0 Å². The fraction of sp³-hybridized carbons (Fsp3) is 0.300. The molecule has 0 bridgehead atoms. The number of amides is 1. The molecule has 1 saturated heterocycles. The second-order valence-electron chi connectivity index (χ2n) is 3.54. The summed E-state index contributed by atoms with van der Waals surface area (Å²) in [5.41, 5.74) is 0.412. The first-order valence-corrected chi connectivity index (χ1v) is 5.92. The molecule has 0 saturated carbocycles. The summed E-state index contributed by atoms with van der Waals surface area (Å²) in [7, 11) is 0. The van der Waals surface area contributed by atoms with Gasteiger partial charge >= 0.3 is 0 Å². The van der Waals surface area contributed by atoms with Crippen molar-refractivity contribution in [3.8, 4) is 0 Å². The van der Waals surface area contributed by atoms with Crippen LogP contribution in [0.15, 0.2) is 18.2 Å². The lowest BCUT2D eigenvalue weighted by Crippen LogP contribution is -2.24. The van der Waals surface area contributed by atoms with Crippen molar-refractivity contribution < 1.29 is 9.72 Å². The molecule has 1 amide bonds. The normalized spacial score (nSPS) is 15.6. The van der Waals surface area contributed by atoms with E-state index in [0.717, 1.165) is 9.99 Å². The average molecular weight is 332 g/mol. The van der Waals surface area contributed by atoms with Crippen LogP contribution in [-0.2, 0) is 4.79 Å². The molecule has 1 fully saturated rings. The van der Waals surface area contributed by atoms with Gasteiger partial charge in [-0.15, -0.1) is 0 Å². The fourth-order valence-electron chi connectivity index (χ4n) is 1.77. The minimum Gasteiger partial charge on any atom is -0.306 e. The Morgan fingerprint density at radius 2 is 2.19 bits per heavy atom. The summed E-state index contributed by atoms with van der Waals surface area (Å²) < 4.78 is 0.791. The quantitative estimate of drug-likeness (QED) is 0.474. The first-order chi connectivity index (χ1) is 7.59. The maximum atomic E-state index is 11.5. The maximum Gasteiger partial charge on any atom is 0.294 e. The van der Waals surface area contributed by atoms with E-state index in [0.29, 0.717) is 18.7 Å². The Bertz CT molecular complexity index is 461. The van der Waals surface area contributed by atoms with Gasteiger partial charge in [0.2, 0.25) is 5.91 Å². The van der Waals surface area contributed by atoms with Gasteiger partial charge in [-0.25, -0.2) is 0 Å². The van der Waals surface area contributed by atoms with Gasteiger partial charge in [-0.2, -0.15) is 0 Å². The standard InChI is InChI=1S/C10H9IN2O3/c11-7-3-4-8(9(6-7)13(15)16)12-5-1-2-10(12)14/h3-4,6H,1-2,5H2. The Kier molecular flexibility index (Phi) is 3.08. The molecular formula is C10H9IN2O3. The zero-order chi connectivity index (χ0) is 11.7. The van der Waals surface area contributed by atoms with Crippen molar-refractivity contribution in [3.05, 3.63) is 31.9 Å². The molecule has 0 atom stereocenters. The summed E-state index contributed by atoms with van der Waals surface area (Å²) in [5, 5.41) is 10.9. The van der Waals surface area contributed by atoms with Crippen LogP contribution in [0.2, 0.25) is 0 Å². The van der Waals surface area contributed by atoms with E-state index in [4.69, 9.17) is 0 Å². The first kappa shape index (κ1) is 11.3. The summed E-state index contributed by atoms with van der Waals surface area (Å²) in [6, 6.07) is 4.90. The Morgan fingerprint density at radius 1 is 1.44 bits per heavy atom. The van der Waals surface area contributed by atoms with Crippen LogP contribution in [0.5, 0.6) is 0 Å². The van der Waals surface area contributed by atoms with Crippen molar-refractivity contribution in [1.29, 1.82) is 0 Å². The molecule has 1 heterocycles. The van der Waals surface area contributed by atoms with E-state index >= 15 is 0 Å². The lowest BCUT2D eigenvalue weighted by atomic mass is 10.2. The lowest BCUT2D eigenvalue weighted by Gasteiger charge is -2.15. The van der Waals surface area contributed by atoms with Gasteiger partial charge in [0.05, 0.1) is 4.92 Å². The molecule has 0 unspecified atom stereocenters. The zero-order valence-corrected chi connectivity index (χ0v) is 10.5. The van der Waals surface area contributed by atoms with Crippen LogP contribution in [0, 0.1) is 13.7 Å². The van der Waals surface area contributed by atoms with Crippen molar-refractivity contribution in [2.45, 2.75) is 12.8 Å². The monoisotopic (exact) mass is 332 g/mol. The Labute approximate surface area is 106 Å². The van der Waals surface area contributed by atoms with Gasteiger partial charge in [-0.3, -0.25) is 14.9 Å². The number of benzene rings is 1. The largest absolute Gasteiger partial charge is 0.306 e. The molecular weight excluding hydrogens is 323 g/mol. The fourth-order valence-corrected chi connectivity index (χ4v) is 2.25. The van der Waals surface area contributed by atoms with E-state index in [1.807, 2.05) is 22.6 Å². The highest BCUT2D eigenvalue weighted by Crippen LogP contribution is 2.32. The summed E-state index contributed by atoms with van der Waals surface area (Å²) in [4.78, 5) is 23.5. The maximum absolute atomic E-state index is 11.5. The Morgan fingerprint density at radius 3 is 2.75 bits per heavy atom. The molecule has 0 aliphatic carbocycles. The van der Waals surface area contributed by atoms with Crippen molar-refractivity contribution in [2.75, 3.05) is 11.4 Å². The molecule has 0 N–H and O–H groups in total. The minimum absolute atomic E-state index is 0.00199. The third-order valence-electron chi connectivity index (χ3n) is 2.50. The van der Waals surface area contributed by atoms with Gasteiger partial charge in [0.1, 0.15) is 5.69 Å². The Balaban J connectivity index is 2.47. The summed E-state index contributed by atoms with van der Waals surface area (Å²) in [5.74, 6) is -0.0377. The molecule has 2 rings (SSSR count). The predicted molar refractivity (Wildman–Crippen MR) is 67.4 cm³/mol.